The SMILES string of the molecule is Nc1nc2ncc(CNc3ccc(C(=O)N[C@@H](CCC(=O)[O-])C(=O)[O-])cc3)nc2c(=O)[nH]1. The summed E-state index contributed by atoms with van der Waals surface area (Å²) in [6.07, 6.45) is 0.554. The standard InChI is InChI=1S/C19H19N7O6/c20-19-25-15-14(17(30)26-19)23-11(8-22-15)7-21-10-3-1-9(2-4-10)16(29)24-12(18(31)32)5-6-13(27)28/h1-4,8,12,21H,5-7H2,(H,24,29)(H,27,28)(H,31,32)(H3,20,22,25,26,30)/p-2/t12-/m0/s1. The Kier molecular flexibility index (Phi) is 6.58. The van der Waals surface area contributed by atoms with Gasteiger partial charge in [0.1, 0.15) is 0 Å². The molecule has 0 unspecified atom stereocenters. The van der Waals surface area contributed by atoms with Crippen molar-refractivity contribution >= 4 is 40.6 Å². The van der Waals surface area contributed by atoms with Crippen molar-refractivity contribution in [2.75, 3.05) is 11.1 Å². The predicted molar refractivity (Wildman–Crippen MR) is 107 cm³/mol. The van der Waals surface area contributed by atoms with Gasteiger partial charge in [0.2, 0.25) is 5.95 Å². The number of nitrogens with zero attached hydrogens (tertiary/aromatic N) is 3. The van der Waals surface area contributed by atoms with Gasteiger partial charge in [-0.1, -0.05) is 0 Å². The van der Waals surface area contributed by atoms with Crippen LogP contribution >= 0.6 is 0 Å². The zero-order valence-corrected chi connectivity index (χ0v) is 16.5. The summed E-state index contributed by atoms with van der Waals surface area (Å²) in [4.78, 5) is 60.2. The Morgan fingerprint density at radius 3 is 2.50 bits per heavy atom. The number of hydrogen-bond acceptors (Lipinski definition) is 11. The van der Waals surface area contributed by atoms with Crippen molar-refractivity contribution in [2.24, 2.45) is 0 Å². The van der Waals surface area contributed by atoms with E-state index in [0.717, 1.165) is 0 Å². The first-order valence-corrected chi connectivity index (χ1v) is 9.30. The van der Waals surface area contributed by atoms with E-state index in [0.29, 0.717) is 11.4 Å². The number of carboxylic acid groups (broad SMARTS) is 2. The number of nitrogens with one attached hydrogen (secondary N) is 3. The molecule has 13 heteroatoms. The summed E-state index contributed by atoms with van der Waals surface area (Å²) in [5.41, 5.74) is 6.37. The van der Waals surface area contributed by atoms with Crippen molar-refractivity contribution in [3.63, 3.8) is 0 Å². The van der Waals surface area contributed by atoms with Gasteiger partial charge in [-0.25, -0.2) is 9.97 Å². The van der Waals surface area contributed by atoms with E-state index < -0.39 is 35.9 Å². The molecule has 0 spiro atoms. The minimum Gasteiger partial charge on any atom is -0.550 e. The molecule has 1 atom stereocenters. The van der Waals surface area contributed by atoms with Gasteiger partial charge in [0, 0.05) is 17.2 Å². The molecule has 0 aliphatic rings. The quantitative estimate of drug-likeness (QED) is 0.268. The summed E-state index contributed by atoms with van der Waals surface area (Å²) in [6.45, 7) is 0.217. The van der Waals surface area contributed by atoms with E-state index in [4.69, 9.17) is 5.73 Å². The normalized spacial score (nSPS) is 11.6. The lowest BCUT2D eigenvalue weighted by Gasteiger charge is -2.20. The summed E-state index contributed by atoms with van der Waals surface area (Å²) in [5, 5.41) is 26.8. The van der Waals surface area contributed by atoms with Gasteiger partial charge in [-0.3, -0.25) is 14.6 Å². The summed E-state index contributed by atoms with van der Waals surface area (Å²) in [7, 11) is 0. The van der Waals surface area contributed by atoms with Gasteiger partial charge in [0.05, 0.1) is 30.4 Å². The van der Waals surface area contributed by atoms with E-state index in [9.17, 15) is 29.4 Å². The molecule has 13 nitrogen and oxygen atoms in total. The Balaban J connectivity index is 1.62. The van der Waals surface area contributed by atoms with E-state index in [1.165, 1.54) is 18.3 Å². The molecular weight excluding hydrogens is 422 g/mol. The third-order valence-corrected chi connectivity index (χ3v) is 4.33. The molecule has 0 saturated heterocycles. The van der Waals surface area contributed by atoms with Crippen molar-refractivity contribution in [2.45, 2.75) is 25.4 Å². The number of nitrogen functional groups attached to an aromatic ring is 1. The molecule has 32 heavy (non-hydrogen) atoms. The van der Waals surface area contributed by atoms with E-state index in [1.54, 1.807) is 12.1 Å². The Labute approximate surface area is 179 Å². The molecule has 2 aromatic heterocycles. The maximum Gasteiger partial charge on any atom is 0.280 e. The zero-order valence-electron chi connectivity index (χ0n) is 16.5. The van der Waals surface area contributed by atoms with Gasteiger partial charge in [0.15, 0.2) is 11.2 Å². The first-order chi connectivity index (χ1) is 15.2. The molecule has 3 aromatic rings. The molecular formula is C19H17N7O6-2. The zero-order chi connectivity index (χ0) is 23.3. The highest BCUT2D eigenvalue weighted by Gasteiger charge is 2.15. The first kappa shape index (κ1) is 22.1. The Morgan fingerprint density at radius 1 is 1.12 bits per heavy atom. The number of H-pyrrole nitrogens is 1. The lowest BCUT2D eigenvalue weighted by Crippen LogP contribution is -2.48. The molecule has 1 aromatic carbocycles. The Hall–Kier alpha value is -4.55. The smallest absolute Gasteiger partial charge is 0.280 e. The number of anilines is 2. The second-order valence-corrected chi connectivity index (χ2v) is 6.67. The van der Waals surface area contributed by atoms with Gasteiger partial charge >= 0.3 is 0 Å². The fraction of sp³-hybridized carbons (Fsp3) is 0.211. The van der Waals surface area contributed by atoms with Gasteiger partial charge in [-0.05, 0) is 37.1 Å². The number of hydrogen-bond donors (Lipinski definition) is 4. The molecule has 0 saturated carbocycles. The van der Waals surface area contributed by atoms with Crippen LogP contribution in [0.15, 0.2) is 35.3 Å². The lowest BCUT2D eigenvalue weighted by molar-refractivity contribution is -0.309. The molecule has 0 radical (unpaired) electrons. The fourth-order valence-corrected chi connectivity index (χ4v) is 2.74. The summed E-state index contributed by atoms with van der Waals surface area (Å²) in [5.74, 6) is -3.78. The molecule has 0 aliphatic carbocycles. The highest BCUT2D eigenvalue weighted by Crippen LogP contribution is 2.12. The van der Waals surface area contributed by atoms with Crippen LogP contribution in [0.5, 0.6) is 0 Å². The average molecular weight is 439 g/mol. The molecule has 3 rings (SSSR count). The molecule has 2 heterocycles. The van der Waals surface area contributed by atoms with Crippen LogP contribution < -0.4 is 32.1 Å². The first-order valence-electron chi connectivity index (χ1n) is 9.30. The summed E-state index contributed by atoms with van der Waals surface area (Å²) in [6, 6.07) is 4.59. The number of nitrogens with two attached hydrogens (primary N) is 1. The van der Waals surface area contributed by atoms with Crippen molar-refractivity contribution in [1.82, 2.24) is 25.3 Å². The van der Waals surface area contributed by atoms with Crippen LogP contribution in [0.1, 0.15) is 28.9 Å². The molecule has 0 bridgehead atoms. The van der Waals surface area contributed by atoms with E-state index in [-0.39, 0.29) is 35.6 Å². The van der Waals surface area contributed by atoms with Gasteiger partial charge in [-0.2, -0.15) is 4.98 Å². The maximum absolute atomic E-state index is 12.2. The highest BCUT2D eigenvalue weighted by molar-refractivity contribution is 5.96. The number of aromatic nitrogens is 4. The van der Waals surface area contributed by atoms with E-state index >= 15 is 0 Å². The average Bonchev–Trinajstić information content (AvgIpc) is 2.75. The van der Waals surface area contributed by atoms with Crippen molar-refractivity contribution < 1.29 is 24.6 Å². The van der Waals surface area contributed by atoms with Crippen molar-refractivity contribution in [1.29, 1.82) is 0 Å². The third kappa shape index (κ3) is 5.53. The van der Waals surface area contributed by atoms with Crippen molar-refractivity contribution in [3.05, 3.63) is 52.1 Å². The van der Waals surface area contributed by atoms with Crippen LogP contribution in [-0.2, 0) is 16.1 Å². The van der Waals surface area contributed by atoms with Crippen LogP contribution in [-0.4, -0.2) is 43.8 Å². The van der Waals surface area contributed by atoms with Gasteiger partial charge in [0.25, 0.3) is 11.5 Å². The van der Waals surface area contributed by atoms with Crippen LogP contribution in [0.4, 0.5) is 11.6 Å². The van der Waals surface area contributed by atoms with Gasteiger partial charge < -0.3 is 36.2 Å². The number of aliphatic carboxylic acids is 2. The molecule has 1 amide bonds. The largest absolute Gasteiger partial charge is 0.550 e. The van der Waals surface area contributed by atoms with Gasteiger partial charge in [-0.15, -0.1) is 0 Å². The topological polar surface area (TPSA) is 219 Å². The number of rotatable bonds is 9. The summed E-state index contributed by atoms with van der Waals surface area (Å²) < 4.78 is 0. The number of carboxylic acids is 2. The van der Waals surface area contributed by atoms with Crippen LogP contribution in [0.3, 0.4) is 0 Å². The number of carbonyl (C=O) groups excluding carboxylic acids is 3. The molecule has 0 fully saturated rings. The van der Waals surface area contributed by atoms with E-state index in [1.807, 2.05) is 0 Å². The van der Waals surface area contributed by atoms with Crippen molar-refractivity contribution in [3.8, 4) is 0 Å². The second-order valence-electron chi connectivity index (χ2n) is 6.67. The van der Waals surface area contributed by atoms with Crippen LogP contribution in [0, 0.1) is 0 Å². The minimum atomic E-state index is -1.59. The number of benzene rings is 1. The highest BCUT2D eigenvalue weighted by atomic mass is 16.4. The minimum absolute atomic E-state index is 0.0478. The Morgan fingerprint density at radius 2 is 1.84 bits per heavy atom. The van der Waals surface area contributed by atoms with E-state index in [2.05, 4.69) is 30.6 Å². The monoisotopic (exact) mass is 439 g/mol. The lowest BCUT2D eigenvalue weighted by atomic mass is 10.1. The maximum atomic E-state index is 12.2. The number of aromatic amines is 1. The Bertz CT molecular complexity index is 1230. The number of fused-ring (bicyclic) bond motifs is 1. The molecule has 166 valence electrons. The summed E-state index contributed by atoms with van der Waals surface area (Å²) >= 11 is 0. The van der Waals surface area contributed by atoms with Crippen LogP contribution in [0.2, 0.25) is 0 Å². The molecule has 0 aliphatic heterocycles. The predicted octanol–water partition coefficient (Wildman–Crippen LogP) is -2.71. The van der Waals surface area contributed by atoms with Crippen LogP contribution in [0.25, 0.3) is 11.2 Å². The number of carbonyl (C=O) groups is 3. The number of amides is 1. The third-order valence-electron chi connectivity index (χ3n) is 4.33. The molecule has 5 N–H and O–H groups in total. The fourth-order valence-electron chi connectivity index (χ4n) is 2.74. The second kappa shape index (κ2) is 9.51.